The topological polar surface area (TPSA) is 132 Å². The van der Waals surface area contributed by atoms with E-state index >= 15 is 0 Å². The Balaban J connectivity index is 1.88. The molecule has 0 aliphatic carbocycles. The van der Waals surface area contributed by atoms with Gasteiger partial charge in [0.2, 0.25) is 15.9 Å². The number of likely N-dealkylation sites (tertiary alicyclic amines) is 1. The summed E-state index contributed by atoms with van der Waals surface area (Å²) in [4.78, 5) is 23.7. The van der Waals surface area contributed by atoms with Crippen LogP contribution >= 0.6 is 0 Å². The fourth-order valence-corrected chi connectivity index (χ4v) is 5.38. The van der Waals surface area contributed by atoms with E-state index in [1.54, 1.807) is 30.3 Å². The molecule has 2 atom stereocenters. The van der Waals surface area contributed by atoms with Crippen LogP contribution < -0.4 is 10.3 Å². The van der Waals surface area contributed by atoms with Gasteiger partial charge in [-0.15, -0.1) is 0 Å². The lowest BCUT2D eigenvalue weighted by Crippen LogP contribution is -2.28. The number of phenolic OH excluding ortho intramolecular Hbond substituents is 1. The summed E-state index contributed by atoms with van der Waals surface area (Å²) in [5, 5.41) is 20.6. The molecule has 0 spiro atoms. The number of amides is 1. The number of phenols is 1. The van der Waals surface area contributed by atoms with Crippen molar-refractivity contribution in [3.63, 3.8) is 0 Å². The largest absolute Gasteiger partial charge is 0.508 e. The molecule has 11 heteroatoms. The Morgan fingerprint density at radius 2 is 2.03 bits per heavy atom. The molecule has 1 saturated heterocycles. The zero-order valence-electron chi connectivity index (χ0n) is 20.4. The second-order valence-electron chi connectivity index (χ2n) is 9.09. The number of aromatic hydroxyl groups is 1. The van der Waals surface area contributed by atoms with Crippen molar-refractivity contribution in [2.75, 3.05) is 33.7 Å². The Morgan fingerprint density at radius 3 is 2.67 bits per heavy atom. The highest BCUT2D eigenvalue weighted by Gasteiger charge is 2.28. The Morgan fingerprint density at radius 1 is 1.25 bits per heavy atom. The maximum Gasteiger partial charge on any atom is 0.249 e. The molecule has 1 fully saturated rings. The molecular weight excluding hydrogens is 484 g/mol. The lowest BCUT2D eigenvalue weighted by atomic mass is 9.93. The number of pyridine rings is 1. The monoisotopic (exact) mass is 514 g/mol. The lowest BCUT2D eigenvalue weighted by Gasteiger charge is -2.24. The van der Waals surface area contributed by atoms with Crippen molar-refractivity contribution in [1.29, 1.82) is 0 Å². The van der Waals surface area contributed by atoms with E-state index in [0.29, 0.717) is 30.6 Å². The number of rotatable bonds is 8. The lowest BCUT2D eigenvalue weighted by molar-refractivity contribution is -0.125. The van der Waals surface area contributed by atoms with Gasteiger partial charge in [0.15, 0.2) is 5.75 Å². The first-order valence-electron chi connectivity index (χ1n) is 11.5. The average molecular weight is 515 g/mol. The predicted octanol–water partition coefficient (Wildman–Crippen LogP) is 1.82. The van der Waals surface area contributed by atoms with E-state index in [9.17, 15) is 23.4 Å². The van der Waals surface area contributed by atoms with Gasteiger partial charge in [-0.05, 0) is 48.4 Å². The third-order valence-corrected chi connectivity index (χ3v) is 8.03. The fraction of sp³-hybridized carbons (Fsp3) is 0.360. The molecule has 10 nitrogen and oxygen atoms in total. The third-order valence-electron chi connectivity index (χ3n) is 6.18. The number of nitrogens with one attached hydrogen (secondary N) is 1. The van der Waals surface area contributed by atoms with Crippen molar-refractivity contribution in [1.82, 2.24) is 19.7 Å². The van der Waals surface area contributed by atoms with Crippen LogP contribution in [0.5, 0.6) is 11.5 Å². The highest BCUT2D eigenvalue weighted by atomic mass is 32.2. The molecule has 0 radical (unpaired) electrons. The summed E-state index contributed by atoms with van der Waals surface area (Å²) in [6, 6.07) is 13.3. The quantitative estimate of drug-likeness (QED) is 0.388. The van der Waals surface area contributed by atoms with Gasteiger partial charge in [-0.25, -0.2) is 12.7 Å². The minimum Gasteiger partial charge on any atom is -0.508 e. The molecule has 1 aliphatic heterocycles. The number of aliphatic hydroxyl groups is 1. The Bertz CT molecular complexity index is 1380. The van der Waals surface area contributed by atoms with Crippen molar-refractivity contribution in [2.24, 2.45) is 0 Å². The smallest absolute Gasteiger partial charge is 0.249 e. The molecule has 0 unspecified atom stereocenters. The zero-order valence-corrected chi connectivity index (χ0v) is 21.2. The van der Waals surface area contributed by atoms with Gasteiger partial charge >= 0.3 is 0 Å². The van der Waals surface area contributed by atoms with Crippen LogP contribution in [0.1, 0.15) is 30.5 Å². The van der Waals surface area contributed by atoms with E-state index in [1.165, 1.54) is 33.2 Å². The zero-order chi connectivity index (χ0) is 26.0. The maximum atomic E-state index is 13.1. The van der Waals surface area contributed by atoms with Gasteiger partial charge in [0.1, 0.15) is 10.6 Å². The highest BCUT2D eigenvalue weighted by Crippen LogP contribution is 2.34. The first kappa shape index (κ1) is 25.8. The van der Waals surface area contributed by atoms with E-state index in [2.05, 4.69) is 10.4 Å². The van der Waals surface area contributed by atoms with E-state index in [-0.39, 0.29) is 27.8 Å². The maximum absolute atomic E-state index is 13.1. The Hall–Kier alpha value is -3.25. The minimum atomic E-state index is -3.85. The number of benzene rings is 2. The molecule has 2 aromatic carbocycles. The number of hydrogen-bond donors (Lipinski definition) is 3. The molecule has 1 aromatic heterocycles. The second kappa shape index (κ2) is 10.4. The molecule has 2 heterocycles. The highest BCUT2D eigenvalue weighted by molar-refractivity contribution is 7.89. The first-order chi connectivity index (χ1) is 17.1. The fourth-order valence-electron chi connectivity index (χ4n) is 4.34. The number of fused-ring (bicyclic) bond motifs is 1. The summed E-state index contributed by atoms with van der Waals surface area (Å²) in [7, 11) is -0.960. The van der Waals surface area contributed by atoms with E-state index in [4.69, 9.17) is 9.82 Å². The molecule has 192 valence electrons. The van der Waals surface area contributed by atoms with Crippen molar-refractivity contribution in [3.8, 4) is 11.5 Å². The Labute approximate surface area is 210 Å². The number of nitrogens with zero attached hydrogens (tertiary/aromatic N) is 3. The molecular formula is C25H30N4O6S. The standard InChI is InChI=1S/C25H30N4O6S/c1-16(30)27-35-23-9-10-24(36(33,34)28(2)3)25-20(23)7-8-22(26-25)21(15-29-12-11-19(32)14-29)17-5-4-6-18(31)13-17/h4-10,13,19,21,31-32H,11-12,14-15H2,1-3H3,(H,27,30)/t19-,21+/m0/s1. The van der Waals surface area contributed by atoms with Gasteiger partial charge in [0, 0.05) is 57.7 Å². The van der Waals surface area contributed by atoms with Crippen LogP contribution in [-0.2, 0) is 14.8 Å². The van der Waals surface area contributed by atoms with Gasteiger partial charge in [-0.3, -0.25) is 14.7 Å². The molecule has 4 rings (SSSR count). The molecule has 1 amide bonds. The first-order valence-corrected chi connectivity index (χ1v) is 13.0. The molecule has 36 heavy (non-hydrogen) atoms. The van der Waals surface area contributed by atoms with Crippen molar-refractivity contribution in [3.05, 3.63) is 59.8 Å². The summed E-state index contributed by atoms with van der Waals surface area (Å²) in [5.74, 6) is -0.341. The van der Waals surface area contributed by atoms with Crippen LogP contribution in [0.2, 0.25) is 0 Å². The number of sulfonamides is 1. The summed E-state index contributed by atoms with van der Waals surface area (Å²) >= 11 is 0. The van der Waals surface area contributed by atoms with Gasteiger partial charge in [0.05, 0.1) is 11.6 Å². The van der Waals surface area contributed by atoms with Crippen LogP contribution in [0.15, 0.2) is 53.4 Å². The summed E-state index contributed by atoms with van der Waals surface area (Å²) < 4.78 is 27.4. The third kappa shape index (κ3) is 5.44. The normalized spacial score (nSPS) is 17.4. The van der Waals surface area contributed by atoms with Crippen molar-refractivity contribution >= 4 is 26.8 Å². The van der Waals surface area contributed by atoms with Crippen molar-refractivity contribution in [2.45, 2.75) is 30.3 Å². The number of hydroxylamine groups is 1. The van der Waals surface area contributed by atoms with Gasteiger partial charge in [-0.1, -0.05) is 12.1 Å². The number of aliphatic hydroxyl groups excluding tert-OH is 1. The van der Waals surface area contributed by atoms with Crippen LogP contribution in [-0.4, -0.2) is 78.6 Å². The van der Waals surface area contributed by atoms with Gasteiger partial charge in [0.25, 0.3) is 0 Å². The molecule has 1 aliphatic rings. The summed E-state index contributed by atoms with van der Waals surface area (Å²) in [5.41, 5.74) is 3.89. The number of β-amino-alcohol motifs (C(OH)–C–C–N with tert-alkyl or cyclic N) is 1. The van der Waals surface area contributed by atoms with E-state index in [0.717, 1.165) is 16.4 Å². The number of carbonyl (C=O) groups excluding carboxylic acids is 1. The second-order valence-corrected chi connectivity index (χ2v) is 11.2. The van der Waals surface area contributed by atoms with Crippen LogP contribution in [0.25, 0.3) is 10.9 Å². The van der Waals surface area contributed by atoms with Crippen molar-refractivity contribution < 1.29 is 28.3 Å². The number of hydrogen-bond acceptors (Lipinski definition) is 8. The predicted molar refractivity (Wildman–Crippen MR) is 134 cm³/mol. The molecule has 0 bridgehead atoms. The summed E-state index contributed by atoms with van der Waals surface area (Å²) in [6.07, 6.45) is 0.275. The van der Waals surface area contributed by atoms with Crippen LogP contribution in [0, 0.1) is 0 Å². The minimum absolute atomic E-state index is 0.00535. The van der Waals surface area contributed by atoms with E-state index in [1.807, 2.05) is 6.07 Å². The molecule has 3 aromatic rings. The number of carbonyl (C=O) groups is 1. The van der Waals surface area contributed by atoms with Gasteiger partial charge in [-0.2, -0.15) is 5.48 Å². The molecule has 0 saturated carbocycles. The molecule has 3 N–H and O–H groups in total. The van der Waals surface area contributed by atoms with Crippen LogP contribution in [0.3, 0.4) is 0 Å². The average Bonchev–Trinajstić information content (AvgIpc) is 3.25. The Kier molecular flexibility index (Phi) is 7.46. The van der Waals surface area contributed by atoms with Gasteiger partial charge < -0.3 is 15.1 Å². The number of aromatic nitrogens is 1. The SMILES string of the molecule is CC(=O)NOc1ccc(S(=O)(=O)N(C)C)c2nc([C@H](CN3CC[C@H](O)C3)c3cccc(O)c3)ccc12. The summed E-state index contributed by atoms with van der Waals surface area (Å²) in [6.45, 7) is 3.08. The van der Waals surface area contributed by atoms with E-state index < -0.39 is 22.0 Å². The van der Waals surface area contributed by atoms with Crippen LogP contribution in [0.4, 0.5) is 0 Å².